The highest BCUT2D eigenvalue weighted by atomic mass is 35.5. The van der Waals surface area contributed by atoms with Crippen molar-refractivity contribution < 1.29 is 9.59 Å². The summed E-state index contributed by atoms with van der Waals surface area (Å²) >= 11 is 6.20. The minimum Gasteiger partial charge on any atom is -0.341 e. The molecular formula is C17H18ClN3O2. The Morgan fingerprint density at radius 1 is 1.09 bits per heavy atom. The maximum absolute atomic E-state index is 12.2. The van der Waals surface area contributed by atoms with Crippen molar-refractivity contribution in [2.75, 3.05) is 5.32 Å². The normalized spacial score (nSPS) is 11.8. The summed E-state index contributed by atoms with van der Waals surface area (Å²) in [4.78, 5) is 28.0. The van der Waals surface area contributed by atoms with Crippen molar-refractivity contribution in [3.63, 3.8) is 0 Å². The number of pyridine rings is 1. The molecule has 2 N–H and O–H groups in total. The summed E-state index contributed by atoms with van der Waals surface area (Å²) in [6.45, 7) is 3.90. The molecule has 120 valence electrons. The SMILES string of the molecule is CC(C)[C@H](NC(=O)C(=O)Nc1cccnc1)c1ccccc1Cl. The Labute approximate surface area is 140 Å². The smallest absolute Gasteiger partial charge is 0.313 e. The van der Waals surface area contributed by atoms with Crippen molar-refractivity contribution in [2.24, 2.45) is 5.92 Å². The zero-order valence-corrected chi connectivity index (χ0v) is 13.7. The Bertz CT molecular complexity index is 689. The van der Waals surface area contributed by atoms with E-state index in [1.165, 1.54) is 6.20 Å². The monoisotopic (exact) mass is 331 g/mol. The summed E-state index contributed by atoms with van der Waals surface area (Å²) in [5.41, 5.74) is 1.25. The van der Waals surface area contributed by atoms with Gasteiger partial charge in [-0.15, -0.1) is 0 Å². The number of anilines is 1. The molecule has 0 saturated heterocycles. The molecule has 1 heterocycles. The number of amides is 2. The predicted molar refractivity (Wildman–Crippen MR) is 90.0 cm³/mol. The summed E-state index contributed by atoms with van der Waals surface area (Å²) in [6, 6.07) is 10.2. The van der Waals surface area contributed by atoms with Crippen LogP contribution in [-0.2, 0) is 9.59 Å². The molecule has 0 spiro atoms. The summed E-state index contributed by atoms with van der Waals surface area (Å²) in [7, 11) is 0. The van der Waals surface area contributed by atoms with E-state index in [1.807, 2.05) is 32.0 Å². The van der Waals surface area contributed by atoms with Crippen LogP contribution in [0.1, 0.15) is 25.5 Å². The predicted octanol–water partition coefficient (Wildman–Crippen LogP) is 3.19. The van der Waals surface area contributed by atoms with Gasteiger partial charge in [0.1, 0.15) is 0 Å². The molecule has 2 rings (SSSR count). The lowest BCUT2D eigenvalue weighted by Gasteiger charge is -2.23. The van der Waals surface area contributed by atoms with Crippen LogP contribution in [0.3, 0.4) is 0 Å². The summed E-state index contributed by atoms with van der Waals surface area (Å²) < 4.78 is 0. The van der Waals surface area contributed by atoms with E-state index in [2.05, 4.69) is 15.6 Å². The number of nitrogens with one attached hydrogen (secondary N) is 2. The molecule has 1 aromatic carbocycles. The number of carbonyl (C=O) groups excluding carboxylic acids is 2. The van der Waals surface area contributed by atoms with Gasteiger partial charge >= 0.3 is 11.8 Å². The quantitative estimate of drug-likeness (QED) is 0.845. The van der Waals surface area contributed by atoms with Crippen LogP contribution < -0.4 is 10.6 Å². The molecule has 0 aliphatic rings. The molecule has 0 radical (unpaired) electrons. The fraction of sp³-hybridized carbons (Fsp3) is 0.235. The first-order chi connectivity index (χ1) is 11.0. The molecule has 2 amide bonds. The third-order valence-corrected chi connectivity index (χ3v) is 3.66. The average Bonchev–Trinajstić information content (AvgIpc) is 2.54. The van der Waals surface area contributed by atoms with Crippen LogP contribution >= 0.6 is 11.6 Å². The minimum absolute atomic E-state index is 0.0741. The molecule has 0 bridgehead atoms. The van der Waals surface area contributed by atoms with E-state index in [0.29, 0.717) is 10.7 Å². The van der Waals surface area contributed by atoms with Gasteiger partial charge in [-0.1, -0.05) is 43.6 Å². The molecule has 0 aliphatic carbocycles. The lowest BCUT2D eigenvalue weighted by molar-refractivity contribution is -0.136. The standard InChI is InChI=1S/C17H18ClN3O2/c1-11(2)15(13-7-3-4-8-14(13)18)21-17(23)16(22)20-12-6-5-9-19-10-12/h3-11,15H,1-2H3,(H,20,22)(H,21,23)/t15-/m0/s1. The lowest BCUT2D eigenvalue weighted by atomic mass is 9.96. The first-order valence-corrected chi connectivity index (χ1v) is 7.63. The van der Waals surface area contributed by atoms with Gasteiger partial charge in [0.2, 0.25) is 0 Å². The second-order valence-corrected chi connectivity index (χ2v) is 5.82. The number of halogens is 1. The zero-order chi connectivity index (χ0) is 16.8. The minimum atomic E-state index is -0.740. The van der Waals surface area contributed by atoms with Crippen molar-refractivity contribution in [3.8, 4) is 0 Å². The Morgan fingerprint density at radius 3 is 2.43 bits per heavy atom. The number of benzene rings is 1. The van der Waals surface area contributed by atoms with Gasteiger partial charge in [0.15, 0.2) is 0 Å². The van der Waals surface area contributed by atoms with Gasteiger partial charge in [-0.25, -0.2) is 0 Å². The molecule has 6 heteroatoms. The van der Waals surface area contributed by atoms with Gasteiger partial charge in [0.05, 0.1) is 17.9 Å². The first-order valence-electron chi connectivity index (χ1n) is 7.25. The van der Waals surface area contributed by atoms with E-state index in [0.717, 1.165) is 5.56 Å². The molecule has 2 aromatic rings. The average molecular weight is 332 g/mol. The molecule has 0 fully saturated rings. The van der Waals surface area contributed by atoms with Crippen molar-refractivity contribution in [1.29, 1.82) is 0 Å². The number of hydrogen-bond acceptors (Lipinski definition) is 3. The van der Waals surface area contributed by atoms with Crippen molar-refractivity contribution >= 4 is 29.1 Å². The topological polar surface area (TPSA) is 71.1 Å². The summed E-state index contributed by atoms with van der Waals surface area (Å²) in [6.07, 6.45) is 3.06. The molecule has 23 heavy (non-hydrogen) atoms. The lowest BCUT2D eigenvalue weighted by Crippen LogP contribution is -2.39. The van der Waals surface area contributed by atoms with Crippen LogP contribution in [0.25, 0.3) is 0 Å². The Hall–Kier alpha value is -2.40. The molecule has 5 nitrogen and oxygen atoms in total. The third kappa shape index (κ3) is 4.53. The number of carbonyl (C=O) groups is 2. The molecule has 0 saturated carbocycles. The van der Waals surface area contributed by atoms with Crippen molar-refractivity contribution in [3.05, 3.63) is 59.4 Å². The molecule has 0 unspecified atom stereocenters. The van der Waals surface area contributed by atoms with E-state index in [9.17, 15) is 9.59 Å². The Balaban J connectivity index is 2.09. The van der Waals surface area contributed by atoms with Gasteiger partial charge in [0.25, 0.3) is 0 Å². The van der Waals surface area contributed by atoms with E-state index < -0.39 is 11.8 Å². The van der Waals surface area contributed by atoms with Gasteiger partial charge in [0, 0.05) is 11.2 Å². The van der Waals surface area contributed by atoms with Gasteiger partial charge in [-0.2, -0.15) is 0 Å². The number of nitrogens with zero attached hydrogens (tertiary/aromatic N) is 1. The fourth-order valence-electron chi connectivity index (χ4n) is 2.16. The maximum Gasteiger partial charge on any atom is 0.313 e. The summed E-state index contributed by atoms with van der Waals surface area (Å²) in [5, 5.41) is 5.80. The van der Waals surface area contributed by atoms with Gasteiger partial charge in [-0.3, -0.25) is 14.6 Å². The van der Waals surface area contributed by atoms with Crippen molar-refractivity contribution in [2.45, 2.75) is 19.9 Å². The van der Waals surface area contributed by atoms with Gasteiger partial charge in [-0.05, 0) is 29.7 Å². The van der Waals surface area contributed by atoms with Crippen molar-refractivity contribution in [1.82, 2.24) is 10.3 Å². The second-order valence-electron chi connectivity index (χ2n) is 5.41. The van der Waals surface area contributed by atoms with Crippen LogP contribution in [0.2, 0.25) is 5.02 Å². The summed E-state index contributed by atoms with van der Waals surface area (Å²) in [5.74, 6) is -1.38. The van der Waals surface area contributed by atoms with E-state index in [-0.39, 0.29) is 12.0 Å². The van der Waals surface area contributed by atoms with Crippen LogP contribution in [0.5, 0.6) is 0 Å². The van der Waals surface area contributed by atoms with Crippen LogP contribution in [-0.4, -0.2) is 16.8 Å². The van der Waals surface area contributed by atoms with Crippen LogP contribution in [0.15, 0.2) is 48.8 Å². The van der Waals surface area contributed by atoms with Crippen LogP contribution in [0, 0.1) is 5.92 Å². The maximum atomic E-state index is 12.2. The Kier molecular flexibility index (Phi) is 5.71. The largest absolute Gasteiger partial charge is 0.341 e. The fourth-order valence-corrected chi connectivity index (χ4v) is 2.42. The molecular weight excluding hydrogens is 314 g/mol. The molecule has 1 aromatic heterocycles. The molecule has 0 aliphatic heterocycles. The highest BCUT2D eigenvalue weighted by Crippen LogP contribution is 2.28. The van der Waals surface area contributed by atoms with E-state index in [1.54, 1.807) is 24.4 Å². The van der Waals surface area contributed by atoms with E-state index in [4.69, 9.17) is 11.6 Å². The highest BCUT2D eigenvalue weighted by molar-refractivity contribution is 6.39. The number of hydrogen-bond donors (Lipinski definition) is 2. The second kappa shape index (κ2) is 7.74. The first kappa shape index (κ1) is 17.0. The Morgan fingerprint density at radius 2 is 1.83 bits per heavy atom. The molecule has 1 atom stereocenters. The van der Waals surface area contributed by atoms with E-state index >= 15 is 0 Å². The number of aromatic nitrogens is 1. The third-order valence-electron chi connectivity index (χ3n) is 3.32. The highest BCUT2D eigenvalue weighted by Gasteiger charge is 2.24. The number of rotatable bonds is 4. The van der Waals surface area contributed by atoms with Crippen LogP contribution in [0.4, 0.5) is 5.69 Å². The van der Waals surface area contributed by atoms with Gasteiger partial charge < -0.3 is 10.6 Å². The zero-order valence-electron chi connectivity index (χ0n) is 12.9.